The monoisotopic (exact) mass is 326 g/mol. The number of thiazole rings is 1. The normalized spacial score (nSPS) is 11.4. The summed E-state index contributed by atoms with van der Waals surface area (Å²) in [5.74, 6) is 1.35. The second-order valence-electron chi connectivity index (χ2n) is 6.03. The first-order chi connectivity index (χ1) is 11.0. The molecule has 120 valence electrons. The van der Waals surface area contributed by atoms with Gasteiger partial charge in [-0.05, 0) is 48.4 Å². The summed E-state index contributed by atoms with van der Waals surface area (Å²) in [5, 5.41) is 5.53. The molecule has 0 amide bonds. The quantitative estimate of drug-likeness (QED) is 0.647. The molecule has 23 heavy (non-hydrogen) atoms. The third-order valence-electron chi connectivity index (χ3n) is 4.20. The summed E-state index contributed by atoms with van der Waals surface area (Å²) < 4.78 is 5.47. The fraction of sp³-hybridized carbons (Fsp3) is 0.368. The summed E-state index contributed by atoms with van der Waals surface area (Å²) in [6.07, 6.45) is 0.901. The Kier molecular flexibility index (Phi) is 4.35. The highest BCUT2D eigenvalue weighted by atomic mass is 32.1. The number of hydrogen-bond acceptors (Lipinski definition) is 4. The molecule has 3 rings (SSSR count). The van der Waals surface area contributed by atoms with Crippen molar-refractivity contribution in [2.45, 2.75) is 40.0 Å². The van der Waals surface area contributed by atoms with E-state index in [1.54, 1.807) is 18.4 Å². The predicted molar refractivity (Wildman–Crippen MR) is 97.6 cm³/mol. The summed E-state index contributed by atoms with van der Waals surface area (Å²) in [6.45, 7) is 8.58. The van der Waals surface area contributed by atoms with E-state index in [0.717, 1.165) is 39.8 Å². The van der Waals surface area contributed by atoms with Gasteiger partial charge < -0.3 is 4.74 Å². The van der Waals surface area contributed by atoms with Crippen LogP contribution in [0.5, 0.6) is 5.75 Å². The van der Waals surface area contributed by atoms with Gasteiger partial charge in [-0.25, -0.2) is 9.97 Å². The van der Waals surface area contributed by atoms with Gasteiger partial charge in [-0.15, -0.1) is 11.3 Å². The van der Waals surface area contributed by atoms with Crippen molar-refractivity contribution in [1.29, 1.82) is 0 Å². The van der Waals surface area contributed by atoms with Crippen LogP contribution in [0.15, 0.2) is 23.6 Å². The molecule has 2 aromatic heterocycles. The number of aromatic nitrogens is 2. The lowest BCUT2D eigenvalue weighted by Crippen LogP contribution is -1.96. The largest absolute Gasteiger partial charge is 0.496 e. The zero-order valence-corrected chi connectivity index (χ0v) is 15.1. The highest BCUT2D eigenvalue weighted by Gasteiger charge is 2.14. The van der Waals surface area contributed by atoms with Gasteiger partial charge in [-0.1, -0.05) is 20.8 Å². The van der Waals surface area contributed by atoms with E-state index in [-0.39, 0.29) is 0 Å². The highest BCUT2D eigenvalue weighted by Crippen LogP contribution is 2.33. The molecule has 0 atom stereocenters. The smallest absolute Gasteiger partial charge is 0.142 e. The molecule has 3 nitrogen and oxygen atoms in total. The summed E-state index contributed by atoms with van der Waals surface area (Å²) in [7, 11) is 1.72. The number of nitrogens with zero attached hydrogens (tertiary/aromatic N) is 2. The number of ether oxygens (including phenoxy) is 1. The number of rotatable bonds is 4. The molecular formula is C19H22N2OS. The topological polar surface area (TPSA) is 35.0 Å². The predicted octanol–water partition coefficient (Wildman–Crippen LogP) is 5.36. The van der Waals surface area contributed by atoms with Crippen LogP contribution in [-0.4, -0.2) is 17.1 Å². The lowest BCUT2D eigenvalue weighted by Gasteiger charge is -2.12. The molecule has 4 heteroatoms. The fourth-order valence-electron chi connectivity index (χ4n) is 2.79. The average Bonchev–Trinajstić information content (AvgIpc) is 3.05. The maximum absolute atomic E-state index is 5.47. The number of fused-ring (bicyclic) bond motifs is 1. The molecule has 3 aromatic rings. The minimum Gasteiger partial charge on any atom is -0.496 e. The van der Waals surface area contributed by atoms with Gasteiger partial charge in [0.25, 0.3) is 0 Å². The minimum absolute atomic E-state index is 0.438. The van der Waals surface area contributed by atoms with E-state index < -0.39 is 0 Å². The van der Waals surface area contributed by atoms with E-state index in [4.69, 9.17) is 14.7 Å². The van der Waals surface area contributed by atoms with E-state index in [1.807, 2.05) is 6.07 Å². The third-order valence-corrected chi connectivity index (χ3v) is 5.08. The molecule has 0 aliphatic carbocycles. The summed E-state index contributed by atoms with van der Waals surface area (Å²) in [4.78, 5) is 9.63. The standard InChI is InChI=1S/C19H22N2OS/c1-6-15-13-7-8-18(22-5)12(4)14(13)9-16(20-15)19-21-17(10-23-19)11(2)3/h7-11H,6H2,1-5H3. The number of aryl methyl sites for hydroxylation is 2. The van der Waals surface area contributed by atoms with E-state index in [2.05, 4.69) is 45.2 Å². The van der Waals surface area contributed by atoms with Crippen LogP contribution < -0.4 is 4.74 Å². The lowest BCUT2D eigenvalue weighted by molar-refractivity contribution is 0.412. The van der Waals surface area contributed by atoms with Crippen molar-refractivity contribution in [3.63, 3.8) is 0 Å². The molecule has 0 N–H and O–H groups in total. The SMILES string of the molecule is CCc1nc(-c2nc(C(C)C)cs2)cc2c(C)c(OC)ccc12. The zero-order valence-electron chi connectivity index (χ0n) is 14.3. The van der Waals surface area contributed by atoms with Gasteiger partial charge in [0.05, 0.1) is 18.5 Å². The van der Waals surface area contributed by atoms with Gasteiger partial charge in [-0.3, -0.25) is 0 Å². The van der Waals surface area contributed by atoms with Crippen molar-refractivity contribution in [1.82, 2.24) is 9.97 Å². The molecule has 0 bridgehead atoms. The van der Waals surface area contributed by atoms with E-state index in [9.17, 15) is 0 Å². The Balaban J connectivity index is 2.23. The number of methoxy groups -OCH3 is 1. The number of benzene rings is 1. The maximum atomic E-state index is 5.47. The minimum atomic E-state index is 0.438. The first kappa shape index (κ1) is 15.9. The van der Waals surface area contributed by atoms with Gasteiger partial charge in [0, 0.05) is 16.5 Å². The van der Waals surface area contributed by atoms with Crippen molar-refractivity contribution in [2.24, 2.45) is 0 Å². The van der Waals surface area contributed by atoms with Crippen molar-refractivity contribution in [2.75, 3.05) is 7.11 Å². The Hall–Kier alpha value is -1.94. The van der Waals surface area contributed by atoms with Crippen LogP contribution in [0.2, 0.25) is 0 Å². The Morgan fingerprint density at radius 3 is 2.57 bits per heavy atom. The van der Waals surface area contributed by atoms with E-state index in [0.29, 0.717) is 5.92 Å². The Labute approximate surface area is 141 Å². The second-order valence-corrected chi connectivity index (χ2v) is 6.89. The first-order valence-electron chi connectivity index (χ1n) is 7.98. The maximum Gasteiger partial charge on any atom is 0.142 e. The number of pyridine rings is 1. The Morgan fingerprint density at radius 2 is 1.96 bits per heavy atom. The molecule has 0 aliphatic rings. The highest BCUT2D eigenvalue weighted by molar-refractivity contribution is 7.13. The first-order valence-corrected chi connectivity index (χ1v) is 8.86. The van der Waals surface area contributed by atoms with Crippen molar-refractivity contribution < 1.29 is 4.74 Å². The number of hydrogen-bond donors (Lipinski definition) is 0. The molecule has 0 saturated heterocycles. The van der Waals surface area contributed by atoms with E-state index in [1.165, 1.54) is 10.8 Å². The molecule has 1 aromatic carbocycles. The molecule has 0 unspecified atom stereocenters. The lowest BCUT2D eigenvalue weighted by atomic mass is 10.0. The van der Waals surface area contributed by atoms with Gasteiger partial charge in [-0.2, -0.15) is 0 Å². The Bertz CT molecular complexity index is 852. The zero-order chi connectivity index (χ0) is 16.6. The average molecular weight is 326 g/mol. The van der Waals surface area contributed by atoms with Crippen molar-refractivity contribution in [3.8, 4) is 16.5 Å². The third kappa shape index (κ3) is 2.83. The van der Waals surface area contributed by atoms with Gasteiger partial charge in [0.1, 0.15) is 10.8 Å². The van der Waals surface area contributed by atoms with Gasteiger partial charge >= 0.3 is 0 Å². The molecule has 2 heterocycles. The van der Waals surface area contributed by atoms with Crippen LogP contribution in [0, 0.1) is 6.92 Å². The summed E-state index contributed by atoms with van der Waals surface area (Å²) >= 11 is 1.67. The molecule has 0 spiro atoms. The van der Waals surface area contributed by atoms with E-state index >= 15 is 0 Å². The fourth-order valence-corrected chi connectivity index (χ4v) is 3.73. The summed E-state index contributed by atoms with van der Waals surface area (Å²) in [6, 6.07) is 6.28. The van der Waals surface area contributed by atoms with Crippen LogP contribution >= 0.6 is 11.3 Å². The van der Waals surface area contributed by atoms with Crippen LogP contribution in [0.25, 0.3) is 21.5 Å². The molecule has 0 saturated carbocycles. The van der Waals surface area contributed by atoms with Gasteiger partial charge in [0.15, 0.2) is 0 Å². The molecule has 0 radical (unpaired) electrons. The van der Waals surface area contributed by atoms with Crippen LogP contribution in [0.3, 0.4) is 0 Å². The van der Waals surface area contributed by atoms with Crippen LogP contribution in [0.1, 0.15) is 43.6 Å². The molecule has 0 fully saturated rings. The second kappa shape index (κ2) is 6.28. The van der Waals surface area contributed by atoms with Crippen LogP contribution in [0.4, 0.5) is 0 Å². The van der Waals surface area contributed by atoms with Crippen LogP contribution in [-0.2, 0) is 6.42 Å². The van der Waals surface area contributed by atoms with Crippen molar-refractivity contribution in [3.05, 3.63) is 40.5 Å². The summed E-state index contributed by atoms with van der Waals surface area (Å²) in [5.41, 5.74) is 4.36. The van der Waals surface area contributed by atoms with Gasteiger partial charge in [0.2, 0.25) is 0 Å². The molecular weight excluding hydrogens is 304 g/mol. The molecule has 0 aliphatic heterocycles. The van der Waals surface area contributed by atoms with Crippen molar-refractivity contribution >= 4 is 22.1 Å². The Morgan fingerprint density at radius 1 is 1.17 bits per heavy atom.